The predicted molar refractivity (Wildman–Crippen MR) is 124 cm³/mol. The number of hydrogen-bond donors (Lipinski definition) is 1. The Balaban J connectivity index is 1.33. The van der Waals surface area contributed by atoms with Crippen LogP contribution in [0.3, 0.4) is 0 Å². The minimum absolute atomic E-state index is 0.151. The maximum Gasteiger partial charge on any atom is 0.243 e. The van der Waals surface area contributed by atoms with Crippen LogP contribution in [-0.2, 0) is 14.8 Å². The predicted octanol–water partition coefficient (Wildman–Crippen LogP) is 3.20. The molecule has 0 radical (unpaired) electrons. The highest BCUT2D eigenvalue weighted by atomic mass is 32.2. The van der Waals surface area contributed by atoms with Gasteiger partial charge in [-0.1, -0.05) is 18.2 Å². The van der Waals surface area contributed by atoms with Crippen molar-refractivity contribution >= 4 is 21.6 Å². The number of ether oxygens (including phenoxy) is 1. The molecule has 32 heavy (non-hydrogen) atoms. The largest absolute Gasteiger partial charge is 0.490 e. The molecule has 2 aliphatic heterocycles. The first kappa shape index (κ1) is 22.8. The Labute approximate surface area is 190 Å². The van der Waals surface area contributed by atoms with Crippen molar-refractivity contribution in [3.8, 4) is 5.75 Å². The Morgan fingerprint density at radius 1 is 0.969 bits per heavy atom. The van der Waals surface area contributed by atoms with Gasteiger partial charge >= 0.3 is 0 Å². The van der Waals surface area contributed by atoms with Crippen LogP contribution in [-0.4, -0.2) is 62.9 Å². The van der Waals surface area contributed by atoms with Gasteiger partial charge in [-0.05, 0) is 69.1 Å². The molecule has 1 atom stereocenters. The van der Waals surface area contributed by atoms with E-state index in [2.05, 4.69) is 17.3 Å². The first-order chi connectivity index (χ1) is 15.4. The molecule has 0 aromatic heterocycles. The monoisotopic (exact) mass is 457 g/mol. The Kier molecular flexibility index (Phi) is 7.13. The van der Waals surface area contributed by atoms with Gasteiger partial charge in [-0.3, -0.25) is 4.79 Å². The van der Waals surface area contributed by atoms with Crippen molar-refractivity contribution in [3.05, 3.63) is 54.6 Å². The second kappa shape index (κ2) is 10.0. The van der Waals surface area contributed by atoms with Crippen molar-refractivity contribution in [2.45, 2.75) is 36.7 Å². The fraction of sp³-hybridized carbons (Fsp3) is 0.458. The van der Waals surface area contributed by atoms with E-state index in [1.807, 2.05) is 24.3 Å². The number of rotatable bonds is 6. The van der Waals surface area contributed by atoms with Crippen molar-refractivity contribution in [2.24, 2.45) is 5.92 Å². The van der Waals surface area contributed by atoms with Crippen LogP contribution in [0.5, 0.6) is 5.75 Å². The number of carbonyl (C=O) groups is 1. The van der Waals surface area contributed by atoms with Crippen LogP contribution >= 0.6 is 0 Å². The normalized spacial score (nSPS) is 21.2. The molecule has 4 rings (SSSR count). The van der Waals surface area contributed by atoms with Crippen LogP contribution < -0.4 is 10.1 Å². The number of nitrogens with zero attached hydrogens (tertiary/aromatic N) is 2. The zero-order valence-corrected chi connectivity index (χ0v) is 19.3. The number of hydrogen-bond acceptors (Lipinski definition) is 5. The number of carbonyl (C=O) groups excluding carboxylic acids is 1. The van der Waals surface area contributed by atoms with E-state index in [0.29, 0.717) is 25.1 Å². The Morgan fingerprint density at radius 3 is 2.34 bits per heavy atom. The van der Waals surface area contributed by atoms with E-state index in [1.165, 1.54) is 4.31 Å². The molecule has 2 aromatic carbocycles. The number of sulfonamides is 1. The van der Waals surface area contributed by atoms with Gasteiger partial charge < -0.3 is 15.0 Å². The molecule has 2 heterocycles. The maximum atomic E-state index is 12.9. The lowest BCUT2D eigenvalue weighted by atomic mass is 9.98. The molecule has 2 saturated heterocycles. The summed E-state index contributed by atoms with van der Waals surface area (Å²) in [5.41, 5.74) is 0.689. The topological polar surface area (TPSA) is 79.0 Å². The Morgan fingerprint density at radius 2 is 1.66 bits per heavy atom. The van der Waals surface area contributed by atoms with Gasteiger partial charge in [0, 0.05) is 31.9 Å². The number of piperidine rings is 2. The standard InChI is InChI=1S/C24H31N3O4S/c1-26-16-13-22(14-17-26)31-21-11-9-20(10-12-21)25-24(28)19-6-5-15-27(18-19)32(29,30)23-7-3-2-4-8-23/h2-4,7-12,19,22H,5-6,13-18H2,1H3,(H,25,28). The number of likely N-dealkylation sites (tertiary alicyclic amines) is 1. The lowest BCUT2D eigenvalue weighted by Crippen LogP contribution is -2.43. The summed E-state index contributed by atoms with van der Waals surface area (Å²) in [7, 11) is -1.47. The average Bonchev–Trinajstić information content (AvgIpc) is 2.82. The average molecular weight is 458 g/mol. The lowest BCUT2D eigenvalue weighted by molar-refractivity contribution is -0.120. The van der Waals surface area contributed by atoms with Gasteiger partial charge in [0.05, 0.1) is 10.8 Å². The van der Waals surface area contributed by atoms with Crippen LogP contribution in [0.1, 0.15) is 25.7 Å². The summed E-state index contributed by atoms with van der Waals surface area (Å²) >= 11 is 0. The van der Waals surface area contributed by atoms with E-state index in [4.69, 9.17) is 4.74 Å². The van der Waals surface area contributed by atoms with Gasteiger partial charge in [-0.2, -0.15) is 4.31 Å². The smallest absolute Gasteiger partial charge is 0.243 e. The van der Waals surface area contributed by atoms with Gasteiger partial charge in [0.1, 0.15) is 11.9 Å². The summed E-state index contributed by atoms with van der Waals surface area (Å²) in [4.78, 5) is 15.4. The van der Waals surface area contributed by atoms with Gasteiger partial charge in [-0.25, -0.2) is 8.42 Å². The molecule has 7 nitrogen and oxygen atoms in total. The third kappa shape index (κ3) is 5.49. The van der Waals surface area contributed by atoms with Crippen molar-refractivity contribution < 1.29 is 17.9 Å². The van der Waals surface area contributed by atoms with E-state index in [-0.39, 0.29) is 29.4 Å². The molecule has 0 spiro atoms. The van der Waals surface area contributed by atoms with Crippen LogP contribution in [0.15, 0.2) is 59.5 Å². The molecule has 8 heteroatoms. The molecular weight excluding hydrogens is 426 g/mol. The van der Waals surface area contributed by atoms with E-state index in [0.717, 1.165) is 31.7 Å². The maximum absolute atomic E-state index is 12.9. The first-order valence-electron chi connectivity index (χ1n) is 11.2. The highest BCUT2D eigenvalue weighted by Crippen LogP contribution is 2.26. The van der Waals surface area contributed by atoms with Gasteiger partial charge in [0.25, 0.3) is 0 Å². The molecule has 2 aliphatic rings. The van der Waals surface area contributed by atoms with Crippen LogP contribution in [0.2, 0.25) is 0 Å². The van der Waals surface area contributed by atoms with E-state index >= 15 is 0 Å². The Hall–Kier alpha value is -2.42. The van der Waals surface area contributed by atoms with Crippen LogP contribution in [0, 0.1) is 5.92 Å². The van der Waals surface area contributed by atoms with Crippen LogP contribution in [0.25, 0.3) is 0 Å². The highest BCUT2D eigenvalue weighted by molar-refractivity contribution is 7.89. The summed E-state index contributed by atoms with van der Waals surface area (Å²) in [6, 6.07) is 15.8. The van der Waals surface area contributed by atoms with E-state index in [1.54, 1.807) is 30.3 Å². The second-order valence-electron chi connectivity index (χ2n) is 8.65. The zero-order valence-electron chi connectivity index (χ0n) is 18.4. The fourth-order valence-corrected chi connectivity index (χ4v) is 5.82. The summed E-state index contributed by atoms with van der Waals surface area (Å²) in [5, 5.41) is 2.94. The molecule has 172 valence electrons. The summed E-state index contributed by atoms with van der Waals surface area (Å²) < 4.78 is 33.3. The molecule has 0 saturated carbocycles. The summed E-state index contributed by atoms with van der Waals surface area (Å²) in [6.07, 6.45) is 3.58. The number of nitrogens with one attached hydrogen (secondary N) is 1. The highest BCUT2D eigenvalue weighted by Gasteiger charge is 2.33. The van der Waals surface area contributed by atoms with Gasteiger partial charge in [-0.15, -0.1) is 0 Å². The summed E-state index contributed by atoms with van der Waals surface area (Å²) in [5.74, 6) is 0.273. The molecule has 1 unspecified atom stereocenters. The van der Waals surface area contributed by atoms with Gasteiger partial charge in [0.2, 0.25) is 15.9 Å². The molecule has 1 amide bonds. The zero-order chi connectivity index (χ0) is 22.6. The minimum atomic E-state index is -3.59. The molecule has 0 aliphatic carbocycles. The number of benzene rings is 2. The fourth-order valence-electron chi connectivity index (χ4n) is 4.27. The number of anilines is 1. The lowest BCUT2D eigenvalue weighted by Gasteiger charge is -2.31. The summed E-state index contributed by atoms with van der Waals surface area (Å²) in [6.45, 7) is 2.71. The van der Waals surface area contributed by atoms with E-state index < -0.39 is 10.0 Å². The van der Waals surface area contributed by atoms with E-state index in [9.17, 15) is 13.2 Å². The number of amides is 1. The minimum Gasteiger partial charge on any atom is -0.490 e. The quantitative estimate of drug-likeness (QED) is 0.721. The van der Waals surface area contributed by atoms with Crippen molar-refractivity contribution in [2.75, 3.05) is 38.5 Å². The Bertz CT molecular complexity index is 1000. The first-order valence-corrected chi connectivity index (χ1v) is 12.7. The molecule has 1 N–H and O–H groups in total. The van der Waals surface area contributed by atoms with Crippen molar-refractivity contribution in [3.63, 3.8) is 0 Å². The SMILES string of the molecule is CN1CCC(Oc2ccc(NC(=O)C3CCCN(S(=O)(=O)c4ccccc4)C3)cc2)CC1. The van der Waals surface area contributed by atoms with Crippen LogP contribution in [0.4, 0.5) is 5.69 Å². The second-order valence-corrected chi connectivity index (χ2v) is 10.6. The van der Waals surface area contributed by atoms with Crippen molar-refractivity contribution in [1.29, 1.82) is 0 Å². The third-order valence-corrected chi connectivity index (χ3v) is 8.11. The molecular formula is C24H31N3O4S. The van der Waals surface area contributed by atoms with Crippen molar-refractivity contribution in [1.82, 2.24) is 9.21 Å². The molecule has 2 fully saturated rings. The molecule has 0 bridgehead atoms. The molecule has 2 aromatic rings. The third-order valence-electron chi connectivity index (χ3n) is 6.23. The van der Waals surface area contributed by atoms with Gasteiger partial charge in [0.15, 0.2) is 0 Å².